The van der Waals surface area contributed by atoms with Crippen molar-refractivity contribution in [3.8, 4) is 0 Å². The molecule has 1 aromatic heterocycles. The third-order valence-electron chi connectivity index (χ3n) is 6.36. The Morgan fingerprint density at radius 3 is 2.63 bits per heavy atom. The van der Waals surface area contributed by atoms with E-state index < -0.39 is 5.97 Å². The van der Waals surface area contributed by atoms with Crippen LogP contribution in [0, 0.1) is 0 Å². The van der Waals surface area contributed by atoms with Crippen molar-refractivity contribution in [1.29, 1.82) is 0 Å². The van der Waals surface area contributed by atoms with Crippen LogP contribution in [0.2, 0.25) is 0 Å². The van der Waals surface area contributed by atoms with E-state index in [-0.39, 0.29) is 30.2 Å². The van der Waals surface area contributed by atoms with Crippen molar-refractivity contribution in [3.05, 3.63) is 39.9 Å². The minimum Gasteiger partial charge on any atom is -0.452 e. The van der Waals surface area contributed by atoms with Crippen LogP contribution in [0.1, 0.15) is 68.6 Å². The molecule has 1 saturated heterocycles. The van der Waals surface area contributed by atoms with Gasteiger partial charge in [-0.1, -0.05) is 6.42 Å². The van der Waals surface area contributed by atoms with Gasteiger partial charge in [-0.15, -0.1) is 0 Å². The second-order valence-corrected chi connectivity index (χ2v) is 8.53. The Morgan fingerprint density at radius 2 is 1.87 bits per heavy atom. The highest BCUT2D eigenvalue weighted by Crippen LogP contribution is 2.23. The topological polar surface area (TPSA) is 81.5 Å². The van der Waals surface area contributed by atoms with E-state index in [9.17, 15) is 14.4 Å². The van der Waals surface area contributed by atoms with Crippen molar-refractivity contribution in [1.82, 2.24) is 14.5 Å². The monoisotopic (exact) mass is 411 g/mol. The summed E-state index contributed by atoms with van der Waals surface area (Å²) in [6.45, 7) is 4.49. The van der Waals surface area contributed by atoms with Gasteiger partial charge in [-0.3, -0.25) is 14.2 Å². The second kappa shape index (κ2) is 8.58. The van der Waals surface area contributed by atoms with Gasteiger partial charge in [-0.2, -0.15) is 0 Å². The Labute approximate surface area is 176 Å². The van der Waals surface area contributed by atoms with Crippen LogP contribution in [-0.4, -0.2) is 45.0 Å². The molecule has 0 saturated carbocycles. The quantitative estimate of drug-likeness (QED) is 0.725. The molecule has 2 aliphatic rings. The van der Waals surface area contributed by atoms with Gasteiger partial charge in [-0.25, -0.2) is 9.78 Å². The van der Waals surface area contributed by atoms with E-state index >= 15 is 0 Å². The number of carbonyl (C=O) groups excluding carboxylic acids is 2. The van der Waals surface area contributed by atoms with Crippen LogP contribution in [0.4, 0.5) is 0 Å². The summed E-state index contributed by atoms with van der Waals surface area (Å²) >= 11 is 0. The zero-order valence-electron chi connectivity index (χ0n) is 17.7. The summed E-state index contributed by atoms with van der Waals surface area (Å²) in [5.41, 5.74) is 0.757. The third-order valence-corrected chi connectivity index (χ3v) is 6.36. The maximum absolute atomic E-state index is 12.8. The molecule has 3 heterocycles. The predicted molar refractivity (Wildman–Crippen MR) is 113 cm³/mol. The molecule has 4 rings (SSSR count). The Hall–Kier alpha value is -2.70. The first-order chi connectivity index (χ1) is 14.5. The lowest BCUT2D eigenvalue weighted by Crippen LogP contribution is -2.49. The molecule has 2 aliphatic heterocycles. The van der Waals surface area contributed by atoms with Gasteiger partial charge in [-0.05, 0) is 64.2 Å². The van der Waals surface area contributed by atoms with Crippen LogP contribution < -0.4 is 5.56 Å². The minimum absolute atomic E-state index is 0.0555. The number of amides is 1. The van der Waals surface area contributed by atoms with E-state index in [0.717, 1.165) is 50.8 Å². The molecule has 0 bridgehead atoms. The van der Waals surface area contributed by atoms with Crippen LogP contribution in [-0.2, 0) is 22.5 Å². The molecule has 7 heteroatoms. The number of hydrogen-bond acceptors (Lipinski definition) is 5. The zero-order valence-corrected chi connectivity index (χ0v) is 17.7. The van der Waals surface area contributed by atoms with Crippen molar-refractivity contribution in [3.63, 3.8) is 0 Å². The first kappa shape index (κ1) is 20.6. The maximum Gasteiger partial charge on any atom is 0.338 e. The number of fused-ring (bicyclic) bond motifs is 2. The van der Waals surface area contributed by atoms with Crippen LogP contribution in [0.5, 0.6) is 0 Å². The summed E-state index contributed by atoms with van der Waals surface area (Å²) < 4.78 is 7.07. The standard InChI is InChI=1S/C23H29N3O4/c1-15-7-6-8-16(2)26(15)21(27)14-30-23(29)17-10-11-18-19(13-17)24-20-9-4-3-5-12-25(20)22(18)28/h10-11,13,15-16H,3-9,12,14H2,1-2H3/t15-,16-/m1/s1. The molecule has 2 aromatic rings. The molecule has 7 nitrogen and oxygen atoms in total. The number of likely N-dealkylation sites (tertiary alicyclic amines) is 1. The lowest BCUT2D eigenvalue weighted by Gasteiger charge is -2.38. The van der Waals surface area contributed by atoms with Crippen LogP contribution in [0.3, 0.4) is 0 Å². The normalized spacial score (nSPS) is 21.7. The molecule has 160 valence electrons. The smallest absolute Gasteiger partial charge is 0.338 e. The highest BCUT2D eigenvalue weighted by atomic mass is 16.5. The highest BCUT2D eigenvalue weighted by molar-refractivity contribution is 5.95. The van der Waals surface area contributed by atoms with E-state index in [0.29, 0.717) is 23.0 Å². The van der Waals surface area contributed by atoms with Crippen molar-refractivity contribution in [2.75, 3.05) is 6.61 Å². The average Bonchev–Trinajstić information content (AvgIpc) is 2.97. The number of benzene rings is 1. The van der Waals surface area contributed by atoms with E-state index in [1.165, 1.54) is 0 Å². The third kappa shape index (κ3) is 3.98. The summed E-state index contributed by atoms with van der Waals surface area (Å²) in [5, 5.41) is 0.504. The van der Waals surface area contributed by atoms with Crippen LogP contribution >= 0.6 is 0 Å². The zero-order chi connectivity index (χ0) is 21.3. The summed E-state index contributed by atoms with van der Waals surface area (Å²) in [6, 6.07) is 5.13. The second-order valence-electron chi connectivity index (χ2n) is 8.53. The van der Waals surface area contributed by atoms with Crippen molar-refractivity contribution in [2.45, 2.75) is 77.4 Å². The van der Waals surface area contributed by atoms with Gasteiger partial charge < -0.3 is 9.64 Å². The molecule has 0 aliphatic carbocycles. The van der Waals surface area contributed by atoms with E-state index in [2.05, 4.69) is 4.98 Å². The molecular formula is C23H29N3O4. The lowest BCUT2D eigenvalue weighted by atomic mass is 9.97. The Morgan fingerprint density at radius 1 is 1.10 bits per heavy atom. The fourth-order valence-electron chi connectivity index (χ4n) is 4.74. The van der Waals surface area contributed by atoms with Gasteiger partial charge in [0.05, 0.1) is 16.5 Å². The molecule has 30 heavy (non-hydrogen) atoms. The van der Waals surface area contributed by atoms with Gasteiger partial charge in [0.1, 0.15) is 5.82 Å². The molecule has 0 spiro atoms. The minimum atomic E-state index is -0.570. The Bertz CT molecular complexity index is 1020. The Kier molecular flexibility index (Phi) is 5.88. The van der Waals surface area contributed by atoms with E-state index in [4.69, 9.17) is 4.74 Å². The van der Waals surface area contributed by atoms with Gasteiger partial charge >= 0.3 is 5.97 Å². The van der Waals surface area contributed by atoms with Gasteiger partial charge in [0, 0.05) is 25.0 Å². The van der Waals surface area contributed by atoms with Gasteiger partial charge in [0.2, 0.25) is 0 Å². The van der Waals surface area contributed by atoms with E-state index in [1.54, 1.807) is 22.8 Å². The molecule has 0 N–H and O–H groups in total. The number of piperidine rings is 1. The average molecular weight is 412 g/mol. The number of ether oxygens (including phenoxy) is 1. The first-order valence-electron chi connectivity index (χ1n) is 11.0. The number of hydrogen-bond donors (Lipinski definition) is 0. The first-order valence-corrected chi connectivity index (χ1v) is 11.0. The van der Waals surface area contributed by atoms with Crippen LogP contribution in [0.25, 0.3) is 10.9 Å². The molecule has 2 atom stereocenters. The largest absolute Gasteiger partial charge is 0.452 e. The predicted octanol–water partition coefficient (Wildman–Crippen LogP) is 3.07. The Balaban J connectivity index is 1.51. The fourth-order valence-corrected chi connectivity index (χ4v) is 4.74. The summed E-state index contributed by atoms with van der Waals surface area (Å²) in [5.74, 6) is 0.0451. The van der Waals surface area contributed by atoms with Gasteiger partial charge in [0.15, 0.2) is 6.61 Å². The lowest BCUT2D eigenvalue weighted by molar-refractivity contribution is -0.140. The number of nitrogens with zero attached hydrogens (tertiary/aromatic N) is 3. The van der Waals surface area contributed by atoms with Crippen LogP contribution in [0.15, 0.2) is 23.0 Å². The number of aryl methyl sites for hydroxylation is 1. The molecule has 0 unspecified atom stereocenters. The molecule has 1 amide bonds. The summed E-state index contributed by atoms with van der Waals surface area (Å²) in [7, 11) is 0. The molecule has 0 radical (unpaired) electrons. The van der Waals surface area contributed by atoms with E-state index in [1.807, 2.05) is 18.7 Å². The number of aromatic nitrogens is 2. The number of rotatable bonds is 3. The molecule has 1 fully saturated rings. The number of esters is 1. The van der Waals surface area contributed by atoms with Crippen molar-refractivity contribution < 1.29 is 14.3 Å². The summed E-state index contributed by atoms with van der Waals surface area (Å²) in [6.07, 6.45) is 6.89. The number of carbonyl (C=O) groups is 2. The van der Waals surface area contributed by atoms with Gasteiger partial charge in [0.25, 0.3) is 11.5 Å². The van der Waals surface area contributed by atoms with Crippen molar-refractivity contribution in [2.24, 2.45) is 0 Å². The van der Waals surface area contributed by atoms with Crippen molar-refractivity contribution >= 4 is 22.8 Å². The maximum atomic E-state index is 12.8. The molecular weight excluding hydrogens is 382 g/mol. The highest BCUT2D eigenvalue weighted by Gasteiger charge is 2.29. The summed E-state index contributed by atoms with van der Waals surface area (Å²) in [4.78, 5) is 44.5. The SMILES string of the molecule is C[C@@H]1CCC[C@@H](C)N1C(=O)COC(=O)c1ccc2c(=O)n3c(nc2c1)CCCCC3. The fraction of sp³-hybridized carbons (Fsp3) is 0.565. The molecule has 1 aromatic carbocycles.